The van der Waals surface area contributed by atoms with Gasteiger partial charge in [-0.05, 0) is 28.1 Å². The van der Waals surface area contributed by atoms with Gasteiger partial charge in [-0.15, -0.1) is 0 Å². The number of aldehydes is 1. The van der Waals surface area contributed by atoms with Gasteiger partial charge in [0.1, 0.15) is 6.61 Å². The van der Waals surface area contributed by atoms with Crippen LogP contribution >= 0.6 is 15.9 Å². The van der Waals surface area contributed by atoms with Gasteiger partial charge in [-0.1, -0.05) is 0 Å². The number of halogens is 1. The van der Waals surface area contributed by atoms with Crippen LogP contribution < -0.4 is 4.74 Å². The summed E-state index contributed by atoms with van der Waals surface area (Å²) < 4.78 is 29.0. The molecule has 21 heavy (non-hydrogen) atoms. The first-order chi connectivity index (χ1) is 9.90. The number of hydrogen-bond acceptors (Lipinski definition) is 6. The summed E-state index contributed by atoms with van der Waals surface area (Å²) in [6.07, 6.45) is 6.02. The van der Waals surface area contributed by atoms with Crippen LogP contribution in [-0.4, -0.2) is 30.9 Å². The van der Waals surface area contributed by atoms with Crippen LogP contribution in [-0.2, 0) is 16.4 Å². The molecule has 0 amide bonds. The van der Waals surface area contributed by atoms with Gasteiger partial charge >= 0.3 is 0 Å². The lowest BCUT2D eigenvalue weighted by atomic mass is 10.3. The van der Waals surface area contributed by atoms with E-state index in [1.54, 1.807) is 6.07 Å². The summed E-state index contributed by atoms with van der Waals surface area (Å²) in [6, 6.07) is 3.06. The zero-order chi connectivity index (χ0) is 15.5. The Balaban J connectivity index is 2.19. The minimum absolute atomic E-state index is 0.0613. The molecule has 0 N–H and O–H groups in total. The summed E-state index contributed by atoms with van der Waals surface area (Å²) in [5.41, 5.74) is 0.871. The van der Waals surface area contributed by atoms with E-state index in [0.29, 0.717) is 21.9 Å². The molecule has 0 atom stereocenters. The SMILES string of the molecule is CS(=O)(=O)c1cncc(COc2ncc(Br)cc2C=O)c1. The Morgan fingerprint density at radius 2 is 2.05 bits per heavy atom. The van der Waals surface area contributed by atoms with E-state index < -0.39 is 9.84 Å². The predicted octanol–water partition coefficient (Wildman–Crippen LogP) is 2.03. The molecule has 0 saturated carbocycles. The number of sulfone groups is 1. The lowest BCUT2D eigenvalue weighted by Gasteiger charge is -2.08. The van der Waals surface area contributed by atoms with Gasteiger partial charge in [0.05, 0.1) is 10.5 Å². The molecular formula is C13H11BrN2O4S. The average molecular weight is 371 g/mol. The highest BCUT2D eigenvalue weighted by Gasteiger charge is 2.10. The lowest BCUT2D eigenvalue weighted by Crippen LogP contribution is -2.03. The standard InChI is InChI=1S/C13H11BrN2O4S/c1-21(18,19)12-2-9(4-15-6-12)8-20-13-10(7-17)3-11(14)5-16-13/h2-7H,8H2,1H3. The Bertz CT molecular complexity index is 777. The fourth-order valence-corrected chi connectivity index (χ4v) is 2.51. The van der Waals surface area contributed by atoms with Crippen molar-refractivity contribution in [2.24, 2.45) is 0 Å². The van der Waals surface area contributed by atoms with Gasteiger partial charge in [-0.25, -0.2) is 13.4 Å². The maximum Gasteiger partial charge on any atom is 0.224 e. The second-order valence-electron chi connectivity index (χ2n) is 4.26. The van der Waals surface area contributed by atoms with E-state index in [1.807, 2.05) is 0 Å². The molecule has 6 nitrogen and oxygen atoms in total. The molecule has 0 aromatic carbocycles. The van der Waals surface area contributed by atoms with Crippen LogP contribution in [0.15, 0.2) is 40.1 Å². The molecule has 8 heteroatoms. The molecule has 0 radical (unpaired) electrons. The number of pyridine rings is 2. The normalized spacial score (nSPS) is 11.1. The average Bonchev–Trinajstić information content (AvgIpc) is 2.45. The van der Waals surface area contributed by atoms with E-state index in [2.05, 4.69) is 25.9 Å². The zero-order valence-electron chi connectivity index (χ0n) is 11.0. The molecule has 2 aromatic rings. The van der Waals surface area contributed by atoms with Gasteiger partial charge in [0.2, 0.25) is 5.88 Å². The highest BCUT2D eigenvalue weighted by molar-refractivity contribution is 9.10. The molecule has 110 valence electrons. The third-order valence-corrected chi connectivity index (χ3v) is 4.06. The second kappa shape index (κ2) is 6.31. The molecule has 0 spiro atoms. The van der Waals surface area contributed by atoms with Crippen LogP contribution in [0.3, 0.4) is 0 Å². The minimum Gasteiger partial charge on any atom is -0.472 e. The number of carbonyl (C=O) groups is 1. The molecule has 0 unspecified atom stereocenters. The van der Waals surface area contributed by atoms with Crippen molar-refractivity contribution in [2.75, 3.05) is 6.26 Å². The predicted molar refractivity (Wildman–Crippen MR) is 79.0 cm³/mol. The maximum absolute atomic E-state index is 11.5. The number of hydrogen-bond donors (Lipinski definition) is 0. The largest absolute Gasteiger partial charge is 0.472 e. The van der Waals surface area contributed by atoms with Gasteiger partial charge in [-0.2, -0.15) is 0 Å². The number of nitrogens with zero attached hydrogens (tertiary/aromatic N) is 2. The second-order valence-corrected chi connectivity index (χ2v) is 7.19. The Morgan fingerprint density at radius 1 is 1.29 bits per heavy atom. The highest BCUT2D eigenvalue weighted by Crippen LogP contribution is 2.19. The molecule has 0 bridgehead atoms. The molecule has 0 aliphatic rings. The first-order valence-electron chi connectivity index (χ1n) is 5.77. The van der Waals surface area contributed by atoms with E-state index in [1.165, 1.54) is 24.7 Å². The molecule has 2 heterocycles. The van der Waals surface area contributed by atoms with Crippen LogP contribution in [0.2, 0.25) is 0 Å². The van der Waals surface area contributed by atoms with Crippen molar-refractivity contribution in [3.63, 3.8) is 0 Å². The summed E-state index contributed by atoms with van der Waals surface area (Å²) in [5, 5.41) is 0. The third-order valence-electron chi connectivity index (χ3n) is 2.55. The molecule has 0 aliphatic carbocycles. The molecule has 0 aliphatic heterocycles. The molecular weight excluding hydrogens is 360 g/mol. The monoisotopic (exact) mass is 370 g/mol. The lowest BCUT2D eigenvalue weighted by molar-refractivity contribution is 0.111. The van der Waals surface area contributed by atoms with Crippen LogP contribution in [0.25, 0.3) is 0 Å². The van der Waals surface area contributed by atoms with Crippen LogP contribution in [0.5, 0.6) is 5.88 Å². The van der Waals surface area contributed by atoms with Crippen molar-refractivity contribution < 1.29 is 17.9 Å². The molecule has 0 fully saturated rings. The Hall–Kier alpha value is -1.80. The van der Waals surface area contributed by atoms with Gasteiger partial charge < -0.3 is 4.74 Å². The summed E-state index contributed by atoms with van der Waals surface area (Å²) in [4.78, 5) is 18.9. The maximum atomic E-state index is 11.5. The summed E-state index contributed by atoms with van der Waals surface area (Å²) >= 11 is 3.21. The van der Waals surface area contributed by atoms with Crippen LogP contribution in [0, 0.1) is 0 Å². The minimum atomic E-state index is -3.32. The van der Waals surface area contributed by atoms with Gasteiger partial charge in [-0.3, -0.25) is 9.78 Å². The first kappa shape index (κ1) is 15.6. The number of carbonyl (C=O) groups excluding carboxylic acids is 1. The van der Waals surface area contributed by atoms with Crippen molar-refractivity contribution in [3.05, 3.63) is 46.3 Å². The number of ether oxygens (including phenoxy) is 1. The van der Waals surface area contributed by atoms with Crippen LogP contribution in [0.1, 0.15) is 15.9 Å². The van der Waals surface area contributed by atoms with Crippen LogP contribution in [0.4, 0.5) is 0 Å². The van der Waals surface area contributed by atoms with E-state index in [9.17, 15) is 13.2 Å². The number of rotatable bonds is 5. The zero-order valence-corrected chi connectivity index (χ0v) is 13.4. The quantitative estimate of drug-likeness (QED) is 0.748. The Labute approximate surface area is 130 Å². The number of aromatic nitrogens is 2. The van der Waals surface area contributed by atoms with Gasteiger partial charge in [0.25, 0.3) is 0 Å². The Morgan fingerprint density at radius 3 is 2.71 bits per heavy atom. The fraction of sp³-hybridized carbons (Fsp3) is 0.154. The first-order valence-corrected chi connectivity index (χ1v) is 8.46. The van der Waals surface area contributed by atoms with E-state index in [0.717, 1.165) is 6.26 Å². The van der Waals surface area contributed by atoms with E-state index in [4.69, 9.17) is 4.74 Å². The summed E-state index contributed by atoms with van der Waals surface area (Å²) in [6.45, 7) is 0.0613. The molecule has 2 rings (SSSR count). The van der Waals surface area contributed by atoms with Crippen molar-refractivity contribution in [2.45, 2.75) is 11.5 Å². The molecule has 2 aromatic heterocycles. The smallest absolute Gasteiger partial charge is 0.224 e. The molecule has 0 saturated heterocycles. The van der Waals surface area contributed by atoms with Crippen molar-refractivity contribution in [1.29, 1.82) is 0 Å². The van der Waals surface area contributed by atoms with Crippen molar-refractivity contribution in [1.82, 2.24) is 9.97 Å². The third kappa shape index (κ3) is 4.08. The highest BCUT2D eigenvalue weighted by atomic mass is 79.9. The van der Waals surface area contributed by atoms with Gasteiger partial charge in [0.15, 0.2) is 16.1 Å². The topological polar surface area (TPSA) is 86.2 Å². The van der Waals surface area contributed by atoms with E-state index >= 15 is 0 Å². The Kier molecular flexibility index (Phi) is 4.69. The fourth-order valence-electron chi connectivity index (χ4n) is 1.54. The van der Waals surface area contributed by atoms with Crippen molar-refractivity contribution >= 4 is 32.1 Å². The van der Waals surface area contributed by atoms with Gasteiger partial charge in [0, 0.05) is 34.9 Å². The van der Waals surface area contributed by atoms with Crippen molar-refractivity contribution in [3.8, 4) is 5.88 Å². The summed E-state index contributed by atoms with van der Waals surface area (Å²) in [5.74, 6) is 0.179. The summed E-state index contributed by atoms with van der Waals surface area (Å²) in [7, 11) is -3.32. The van der Waals surface area contributed by atoms with E-state index in [-0.39, 0.29) is 17.4 Å².